The molecule has 0 spiro atoms. The third-order valence-electron chi connectivity index (χ3n) is 6.96. The van der Waals surface area contributed by atoms with Crippen molar-refractivity contribution in [1.29, 1.82) is 0 Å². The fourth-order valence-corrected chi connectivity index (χ4v) is 5.69. The molecule has 0 aromatic heterocycles. The highest BCUT2D eigenvalue weighted by molar-refractivity contribution is 8.00. The molecule has 4 aromatic rings. The Bertz CT molecular complexity index is 1790. The highest BCUT2D eigenvalue weighted by Crippen LogP contribution is 2.34. The summed E-state index contributed by atoms with van der Waals surface area (Å²) in [6.07, 6.45) is 1.60. The van der Waals surface area contributed by atoms with E-state index in [0.29, 0.717) is 33.8 Å². The average Bonchev–Trinajstić information content (AvgIpc) is 3.33. The van der Waals surface area contributed by atoms with Gasteiger partial charge in [-0.15, -0.1) is 11.8 Å². The fraction of sp³-hybridized carbons (Fsp3) is 0.114. The normalized spacial score (nSPS) is 14.7. The highest BCUT2D eigenvalue weighted by Gasteiger charge is 2.40. The van der Waals surface area contributed by atoms with E-state index in [1.807, 2.05) is 0 Å². The minimum Gasteiger partial charge on any atom is -0.497 e. The van der Waals surface area contributed by atoms with Gasteiger partial charge >= 0.3 is 0 Å². The van der Waals surface area contributed by atoms with Gasteiger partial charge in [0, 0.05) is 28.1 Å². The Morgan fingerprint density at radius 3 is 2.24 bits per heavy atom. The van der Waals surface area contributed by atoms with E-state index in [1.54, 1.807) is 116 Å². The van der Waals surface area contributed by atoms with Crippen molar-refractivity contribution >= 4 is 58.6 Å². The number of nitrogens with one attached hydrogen (secondary N) is 2. The molecule has 226 valence electrons. The van der Waals surface area contributed by atoms with Crippen LogP contribution in [0.2, 0.25) is 0 Å². The number of thioether (sulfide) groups is 1. The molecule has 1 saturated heterocycles. The molecule has 45 heavy (non-hydrogen) atoms. The molecule has 1 fully saturated rings. The van der Waals surface area contributed by atoms with E-state index in [2.05, 4.69) is 10.6 Å². The second kappa shape index (κ2) is 13.9. The monoisotopic (exact) mass is 619 g/mol. The Morgan fingerprint density at radius 1 is 0.867 bits per heavy atom. The van der Waals surface area contributed by atoms with Crippen molar-refractivity contribution in [2.45, 2.75) is 23.5 Å². The molecule has 10 heteroatoms. The predicted octanol–water partition coefficient (Wildman–Crippen LogP) is 5.73. The van der Waals surface area contributed by atoms with Crippen molar-refractivity contribution in [3.05, 3.63) is 126 Å². The molecular formula is C35H29N3O6S. The standard InChI is InChI=1S/C35H29N3O6S/c1-22(39)24-11-15-27(16-12-24)38-32(40)21-31(35(38)43)45-29-17-13-26(14-18-29)36-34(42)30(20-23-7-6-10-28(19-23)44-2)37-33(41)25-8-4-3-5-9-25/h3-20,31H,21H2,1-2H3,(H,36,42)(H,37,41)/b30-20-. The van der Waals surface area contributed by atoms with Crippen LogP contribution >= 0.6 is 11.8 Å². The van der Waals surface area contributed by atoms with Crippen molar-refractivity contribution in [1.82, 2.24) is 5.32 Å². The summed E-state index contributed by atoms with van der Waals surface area (Å²) in [5, 5.41) is 4.90. The van der Waals surface area contributed by atoms with E-state index in [4.69, 9.17) is 4.74 Å². The van der Waals surface area contributed by atoms with Gasteiger partial charge in [-0.05, 0) is 91.4 Å². The Balaban J connectivity index is 1.28. The van der Waals surface area contributed by atoms with Gasteiger partial charge in [-0.2, -0.15) is 0 Å². The number of ether oxygens (including phenoxy) is 1. The Labute approximate surface area is 264 Å². The lowest BCUT2D eigenvalue weighted by atomic mass is 10.1. The maximum Gasteiger partial charge on any atom is 0.272 e. The van der Waals surface area contributed by atoms with Gasteiger partial charge in [0.05, 0.1) is 18.0 Å². The van der Waals surface area contributed by atoms with Crippen LogP contribution in [-0.2, 0) is 14.4 Å². The van der Waals surface area contributed by atoms with E-state index in [9.17, 15) is 24.0 Å². The van der Waals surface area contributed by atoms with Crippen LogP contribution in [0.5, 0.6) is 5.75 Å². The molecule has 2 N–H and O–H groups in total. The van der Waals surface area contributed by atoms with Crippen LogP contribution in [0.3, 0.4) is 0 Å². The molecule has 1 atom stereocenters. The topological polar surface area (TPSA) is 122 Å². The van der Waals surface area contributed by atoms with Crippen molar-refractivity contribution < 1.29 is 28.7 Å². The van der Waals surface area contributed by atoms with Gasteiger partial charge in [0.15, 0.2) is 5.78 Å². The van der Waals surface area contributed by atoms with Crippen molar-refractivity contribution in [2.75, 3.05) is 17.3 Å². The summed E-state index contributed by atoms with van der Waals surface area (Å²) < 4.78 is 5.28. The number of amides is 4. The number of rotatable bonds is 10. The summed E-state index contributed by atoms with van der Waals surface area (Å²) in [7, 11) is 1.54. The van der Waals surface area contributed by atoms with Crippen LogP contribution in [-0.4, -0.2) is 41.8 Å². The first-order valence-corrected chi connectivity index (χ1v) is 14.9. The SMILES string of the molecule is COc1cccc(/C=C(\NC(=O)c2ccccc2)C(=O)Nc2ccc(SC3CC(=O)N(c4ccc(C(C)=O)cc4)C3=O)cc2)c1. The average molecular weight is 620 g/mol. The molecule has 0 saturated carbocycles. The van der Waals surface area contributed by atoms with Gasteiger partial charge in [-0.3, -0.25) is 24.0 Å². The zero-order valence-electron chi connectivity index (χ0n) is 24.5. The molecule has 0 bridgehead atoms. The van der Waals surface area contributed by atoms with Gasteiger partial charge in [-0.25, -0.2) is 4.90 Å². The number of carbonyl (C=O) groups excluding carboxylic acids is 5. The summed E-state index contributed by atoms with van der Waals surface area (Å²) in [5.41, 5.74) is 2.47. The molecule has 4 aromatic carbocycles. The summed E-state index contributed by atoms with van der Waals surface area (Å²) in [6, 6.07) is 28.9. The highest BCUT2D eigenvalue weighted by atomic mass is 32.2. The molecule has 0 radical (unpaired) electrons. The zero-order valence-corrected chi connectivity index (χ0v) is 25.3. The van der Waals surface area contributed by atoms with E-state index < -0.39 is 17.1 Å². The third-order valence-corrected chi connectivity index (χ3v) is 8.16. The number of nitrogens with zero attached hydrogens (tertiary/aromatic N) is 1. The second-order valence-electron chi connectivity index (χ2n) is 10.1. The fourth-order valence-electron chi connectivity index (χ4n) is 4.63. The van der Waals surface area contributed by atoms with Gasteiger partial charge in [0.2, 0.25) is 11.8 Å². The van der Waals surface area contributed by atoms with E-state index >= 15 is 0 Å². The number of carbonyl (C=O) groups is 5. The van der Waals surface area contributed by atoms with Crippen LogP contribution in [0.15, 0.2) is 114 Å². The second-order valence-corrected chi connectivity index (χ2v) is 11.4. The van der Waals surface area contributed by atoms with Crippen molar-refractivity contribution in [2.24, 2.45) is 0 Å². The van der Waals surface area contributed by atoms with Crippen LogP contribution in [0, 0.1) is 0 Å². The summed E-state index contributed by atoms with van der Waals surface area (Å²) in [6.45, 7) is 1.45. The van der Waals surface area contributed by atoms with Crippen molar-refractivity contribution in [3.8, 4) is 5.75 Å². The van der Waals surface area contributed by atoms with E-state index in [-0.39, 0.29) is 29.7 Å². The molecule has 1 unspecified atom stereocenters. The van der Waals surface area contributed by atoms with Gasteiger partial charge in [0.25, 0.3) is 11.8 Å². The van der Waals surface area contributed by atoms with Gasteiger partial charge in [-0.1, -0.05) is 30.3 Å². The minimum absolute atomic E-state index is 0.0297. The molecule has 1 heterocycles. The summed E-state index contributed by atoms with van der Waals surface area (Å²) >= 11 is 1.26. The number of Topliss-reactive ketones (excluding diaryl/α,β-unsaturated/α-hetero) is 1. The Morgan fingerprint density at radius 2 is 1.58 bits per heavy atom. The third kappa shape index (κ3) is 7.54. The molecule has 0 aliphatic carbocycles. The van der Waals surface area contributed by atoms with Gasteiger partial charge < -0.3 is 15.4 Å². The number of hydrogen-bond donors (Lipinski definition) is 2. The number of anilines is 2. The predicted molar refractivity (Wildman–Crippen MR) is 173 cm³/mol. The summed E-state index contributed by atoms with van der Waals surface area (Å²) in [4.78, 5) is 65.6. The van der Waals surface area contributed by atoms with Crippen LogP contribution in [0.25, 0.3) is 6.08 Å². The number of hydrogen-bond acceptors (Lipinski definition) is 7. The minimum atomic E-state index is -0.615. The summed E-state index contributed by atoms with van der Waals surface area (Å²) in [5.74, 6) is -1.13. The lowest BCUT2D eigenvalue weighted by Gasteiger charge is -2.15. The van der Waals surface area contributed by atoms with Crippen LogP contribution in [0.1, 0.15) is 39.6 Å². The van der Waals surface area contributed by atoms with Crippen LogP contribution < -0.4 is 20.3 Å². The molecule has 5 rings (SSSR count). The van der Waals surface area contributed by atoms with Gasteiger partial charge in [0.1, 0.15) is 11.4 Å². The maximum atomic E-state index is 13.4. The Hall–Kier alpha value is -5.48. The lowest BCUT2D eigenvalue weighted by molar-refractivity contribution is -0.121. The first-order chi connectivity index (χ1) is 21.7. The quantitative estimate of drug-likeness (QED) is 0.132. The Kier molecular flexibility index (Phi) is 9.54. The molecule has 1 aliphatic rings. The molecule has 9 nitrogen and oxygen atoms in total. The smallest absolute Gasteiger partial charge is 0.272 e. The number of ketones is 1. The first kappa shape index (κ1) is 31.0. The van der Waals surface area contributed by atoms with Crippen LogP contribution in [0.4, 0.5) is 11.4 Å². The zero-order chi connectivity index (χ0) is 31.9. The van der Waals surface area contributed by atoms with Crippen molar-refractivity contribution in [3.63, 3.8) is 0 Å². The first-order valence-electron chi connectivity index (χ1n) is 14.0. The number of methoxy groups -OCH3 is 1. The maximum absolute atomic E-state index is 13.4. The number of imide groups is 1. The van der Waals surface area contributed by atoms with E-state index in [0.717, 1.165) is 9.80 Å². The lowest BCUT2D eigenvalue weighted by Crippen LogP contribution is -2.31. The molecular weight excluding hydrogens is 590 g/mol. The molecule has 4 amide bonds. The number of benzene rings is 4. The molecule has 1 aliphatic heterocycles. The largest absolute Gasteiger partial charge is 0.497 e. The van der Waals surface area contributed by atoms with E-state index in [1.165, 1.54) is 18.7 Å².